The summed E-state index contributed by atoms with van der Waals surface area (Å²) >= 11 is 0. The van der Waals surface area contributed by atoms with Crippen molar-refractivity contribution in [2.75, 3.05) is 52.9 Å². The van der Waals surface area contributed by atoms with Crippen LogP contribution in [-0.2, 0) is 4.74 Å². The molecule has 0 radical (unpaired) electrons. The summed E-state index contributed by atoms with van der Waals surface area (Å²) in [4.78, 5) is 10.2. The molecule has 0 unspecified atom stereocenters. The van der Waals surface area contributed by atoms with Crippen LogP contribution >= 0.6 is 0 Å². The summed E-state index contributed by atoms with van der Waals surface area (Å²) in [7, 11) is 0. The van der Waals surface area contributed by atoms with Crippen molar-refractivity contribution in [3.05, 3.63) is 35.9 Å². The third kappa shape index (κ3) is 7.75. The molecule has 0 aromatic heterocycles. The molecule has 0 saturated heterocycles. The Morgan fingerprint density at radius 2 is 1.08 bits per heavy atom. The zero-order valence-electron chi connectivity index (χ0n) is 14.5. The van der Waals surface area contributed by atoms with E-state index < -0.39 is 56.4 Å². The predicted octanol–water partition coefficient (Wildman–Crippen LogP) is -1.69. The van der Waals surface area contributed by atoms with Crippen molar-refractivity contribution >= 4 is 5.97 Å². The third-order valence-corrected chi connectivity index (χ3v) is 3.85. The highest BCUT2D eigenvalue weighted by Gasteiger charge is 2.32. The number of aliphatic hydroxyl groups is 6. The summed E-state index contributed by atoms with van der Waals surface area (Å²) < 4.78 is 5.15. The van der Waals surface area contributed by atoms with Gasteiger partial charge in [-0.15, -0.1) is 0 Å². The Kier molecular flexibility index (Phi) is 11.9. The molecule has 1 aromatic rings. The first-order chi connectivity index (χ1) is 12.4. The zero-order valence-corrected chi connectivity index (χ0v) is 14.5. The first-order valence-corrected chi connectivity index (χ1v) is 7.89. The summed E-state index contributed by atoms with van der Waals surface area (Å²) in [6.07, 6.45) is 0. The largest absolute Gasteiger partial charge is 0.478 e. The van der Waals surface area contributed by atoms with E-state index in [-0.39, 0.29) is 13.2 Å². The third-order valence-electron chi connectivity index (χ3n) is 3.85. The van der Waals surface area contributed by atoms with Gasteiger partial charge in [-0.25, -0.2) is 4.79 Å². The van der Waals surface area contributed by atoms with Crippen LogP contribution in [0.25, 0.3) is 0 Å². The van der Waals surface area contributed by atoms with Crippen molar-refractivity contribution in [3.63, 3.8) is 0 Å². The van der Waals surface area contributed by atoms with E-state index in [2.05, 4.69) is 0 Å². The minimum atomic E-state index is -1.16. The van der Waals surface area contributed by atoms with Crippen molar-refractivity contribution in [2.45, 2.75) is 0 Å². The van der Waals surface area contributed by atoms with Crippen molar-refractivity contribution in [1.82, 2.24) is 0 Å². The van der Waals surface area contributed by atoms with E-state index in [1.807, 2.05) is 0 Å². The predicted molar refractivity (Wildman–Crippen MR) is 91.6 cm³/mol. The molecule has 0 bridgehead atoms. The molecule has 1 rings (SSSR count). The molecule has 26 heavy (non-hydrogen) atoms. The topological polar surface area (TPSA) is 168 Å². The first-order valence-electron chi connectivity index (χ1n) is 7.89. The summed E-state index contributed by atoms with van der Waals surface area (Å²) in [5.41, 5.74) is -1.99. The van der Waals surface area contributed by atoms with Gasteiger partial charge in [0.05, 0.1) is 69.2 Å². The van der Waals surface area contributed by atoms with Gasteiger partial charge >= 0.3 is 5.97 Å². The van der Waals surface area contributed by atoms with Gasteiger partial charge in [-0.05, 0) is 12.1 Å². The van der Waals surface area contributed by atoms with Crippen LogP contribution < -0.4 is 0 Å². The van der Waals surface area contributed by atoms with Crippen molar-refractivity contribution < 1.29 is 45.3 Å². The fourth-order valence-corrected chi connectivity index (χ4v) is 1.64. The molecule has 9 heteroatoms. The summed E-state index contributed by atoms with van der Waals surface area (Å²) in [6.45, 7) is -3.01. The van der Waals surface area contributed by atoms with Gasteiger partial charge in [0.15, 0.2) is 0 Å². The number of rotatable bonds is 11. The van der Waals surface area contributed by atoms with Gasteiger partial charge in [-0.2, -0.15) is 0 Å². The lowest BCUT2D eigenvalue weighted by Gasteiger charge is -2.31. The second kappa shape index (κ2) is 12.7. The molecule has 9 nitrogen and oxygen atoms in total. The summed E-state index contributed by atoms with van der Waals surface area (Å²) in [5.74, 6) is -0.879. The quantitative estimate of drug-likeness (QED) is 0.238. The molecule has 0 heterocycles. The molecular formula is C17H28O9. The van der Waals surface area contributed by atoms with Crippen LogP contribution in [0.2, 0.25) is 0 Å². The number of aromatic carboxylic acids is 1. The van der Waals surface area contributed by atoms with Crippen LogP contribution in [0.3, 0.4) is 0 Å². The highest BCUT2D eigenvalue weighted by Crippen LogP contribution is 2.19. The SMILES string of the molecule is O=C(O)c1ccccc1.OCC(CO)(CO)COCC(CO)(CO)CO. The Labute approximate surface area is 151 Å². The van der Waals surface area contributed by atoms with E-state index in [0.717, 1.165) is 0 Å². The van der Waals surface area contributed by atoms with Gasteiger partial charge < -0.3 is 40.5 Å². The van der Waals surface area contributed by atoms with Gasteiger partial charge in [0.25, 0.3) is 0 Å². The van der Waals surface area contributed by atoms with E-state index in [1.165, 1.54) is 0 Å². The monoisotopic (exact) mass is 376 g/mol. The number of carbonyl (C=O) groups is 1. The van der Waals surface area contributed by atoms with E-state index in [0.29, 0.717) is 5.56 Å². The summed E-state index contributed by atoms with van der Waals surface area (Å²) in [6, 6.07) is 8.30. The Morgan fingerprint density at radius 3 is 1.31 bits per heavy atom. The van der Waals surface area contributed by atoms with Crippen molar-refractivity contribution in [1.29, 1.82) is 0 Å². The highest BCUT2D eigenvalue weighted by molar-refractivity contribution is 5.87. The van der Waals surface area contributed by atoms with Crippen LogP contribution in [0.1, 0.15) is 10.4 Å². The smallest absolute Gasteiger partial charge is 0.335 e. The molecule has 0 amide bonds. The van der Waals surface area contributed by atoms with Gasteiger partial charge in [0, 0.05) is 0 Å². The maximum absolute atomic E-state index is 10.2. The van der Waals surface area contributed by atoms with Crippen LogP contribution in [-0.4, -0.2) is 94.6 Å². The lowest BCUT2D eigenvalue weighted by atomic mass is 9.91. The molecule has 1 aromatic carbocycles. The van der Waals surface area contributed by atoms with E-state index in [1.54, 1.807) is 30.3 Å². The minimum Gasteiger partial charge on any atom is -0.478 e. The zero-order chi connectivity index (χ0) is 20.1. The fourth-order valence-electron chi connectivity index (χ4n) is 1.64. The first kappa shape index (κ1) is 24.4. The number of carboxylic acids is 1. The number of benzene rings is 1. The van der Waals surface area contributed by atoms with Gasteiger partial charge in [-0.1, -0.05) is 18.2 Å². The minimum absolute atomic E-state index is 0.141. The highest BCUT2D eigenvalue weighted by atomic mass is 16.5. The number of hydrogen-bond donors (Lipinski definition) is 7. The second-order valence-electron chi connectivity index (χ2n) is 6.11. The average Bonchev–Trinajstić information content (AvgIpc) is 2.70. The maximum Gasteiger partial charge on any atom is 0.335 e. The Balaban J connectivity index is 0.000000577. The van der Waals surface area contributed by atoms with Crippen LogP contribution in [0.4, 0.5) is 0 Å². The van der Waals surface area contributed by atoms with E-state index in [4.69, 9.17) is 40.5 Å². The standard InChI is InChI=1S/C10H22O7.C7H6O2/c11-1-9(2-12,3-13)7-17-8-10(4-14,5-15)6-16;8-7(9)6-4-2-1-3-5-6/h11-16H,1-8H2;1-5H,(H,8,9). The number of aliphatic hydroxyl groups excluding tert-OH is 6. The molecular weight excluding hydrogens is 348 g/mol. The number of hydrogen-bond acceptors (Lipinski definition) is 8. The van der Waals surface area contributed by atoms with Crippen molar-refractivity contribution in [3.8, 4) is 0 Å². The fraction of sp³-hybridized carbons (Fsp3) is 0.588. The Morgan fingerprint density at radius 1 is 0.731 bits per heavy atom. The molecule has 0 fully saturated rings. The van der Waals surface area contributed by atoms with Crippen molar-refractivity contribution in [2.24, 2.45) is 10.8 Å². The van der Waals surface area contributed by atoms with Gasteiger partial charge in [-0.3, -0.25) is 0 Å². The van der Waals surface area contributed by atoms with Crippen LogP contribution in [0.5, 0.6) is 0 Å². The molecule has 7 N–H and O–H groups in total. The van der Waals surface area contributed by atoms with Crippen LogP contribution in [0, 0.1) is 10.8 Å². The molecule has 0 spiro atoms. The molecule has 0 aliphatic heterocycles. The second-order valence-corrected chi connectivity index (χ2v) is 6.11. The van der Waals surface area contributed by atoms with E-state index in [9.17, 15) is 4.79 Å². The maximum atomic E-state index is 10.2. The molecule has 150 valence electrons. The number of carboxylic acid groups (broad SMARTS) is 1. The van der Waals surface area contributed by atoms with Gasteiger partial charge in [0.2, 0.25) is 0 Å². The van der Waals surface area contributed by atoms with Crippen LogP contribution in [0.15, 0.2) is 30.3 Å². The molecule has 0 aliphatic rings. The molecule has 0 aliphatic carbocycles. The lowest BCUT2D eigenvalue weighted by Crippen LogP contribution is -2.43. The Bertz CT molecular complexity index is 448. The van der Waals surface area contributed by atoms with Gasteiger partial charge in [0.1, 0.15) is 0 Å². The molecule has 0 atom stereocenters. The average molecular weight is 376 g/mol. The number of ether oxygens (including phenoxy) is 1. The molecule has 0 saturated carbocycles. The normalized spacial score (nSPS) is 11.6. The lowest BCUT2D eigenvalue weighted by molar-refractivity contribution is -0.103. The van der Waals surface area contributed by atoms with E-state index >= 15 is 0 Å². The Hall–Kier alpha value is -1.59. The summed E-state index contributed by atoms with van der Waals surface area (Å²) in [5, 5.41) is 62.6.